The Bertz CT molecular complexity index is 774. The molecular formula is C17H23N3O3S. The molecule has 1 fully saturated rings. The van der Waals surface area contributed by atoms with Gasteiger partial charge in [0, 0.05) is 31.5 Å². The van der Waals surface area contributed by atoms with Crippen LogP contribution in [0.15, 0.2) is 47.9 Å². The minimum Gasteiger partial charge on any atom is -0.494 e. The number of rotatable bonds is 5. The molecule has 0 unspecified atom stereocenters. The SMILES string of the molecule is CCOc1cccc(S(=O)(=O)N2CC[C@H](C)[C@H](n3ccnc3)C2)c1. The molecule has 0 aliphatic carbocycles. The van der Waals surface area contributed by atoms with Gasteiger partial charge in [-0.05, 0) is 31.4 Å². The fourth-order valence-corrected chi connectivity index (χ4v) is 4.64. The van der Waals surface area contributed by atoms with Crippen LogP contribution in [0.2, 0.25) is 0 Å². The fourth-order valence-electron chi connectivity index (χ4n) is 3.13. The van der Waals surface area contributed by atoms with Gasteiger partial charge in [-0.15, -0.1) is 0 Å². The van der Waals surface area contributed by atoms with Gasteiger partial charge in [-0.2, -0.15) is 4.31 Å². The maximum Gasteiger partial charge on any atom is 0.243 e. The standard InChI is InChI=1S/C17H23N3O3S/c1-3-23-15-5-4-6-16(11-15)24(21,22)20-9-7-14(2)17(12-20)19-10-8-18-13-19/h4-6,8,10-11,13-14,17H,3,7,9,12H2,1-2H3/t14-,17+/m0/s1. The highest BCUT2D eigenvalue weighted by molar-refractivity contribution is 7.89. The zero-order valence-corrected chi connectivity index (χ0v) is 14.8. The Kier molecular flexibility index (Phi) is 4.91. The van der Waals surface area contributed by atoms with Crippen molar-refractivity contribution in [2.24, 2.45) is 5.92 Å². The number of ether oxygens (including phenoxy) is 1. The van der Waals surface area contributed by atoms with E-state index in [1.165, 1.54) is 0 Å². The average Bonchev–Trinajstić information content (AvgIpc) is 3.10. The zero-order valence-electron chi connectivity index (χ0n) is 14.0. The van der Waals surface area contributed by atoms with Gasteiger partial charge < -0.3 is 9.30 Å². The molecule has 2 heterocycles. The Morgan fingerprint density at radius 3 is 2.92 bits per heavy atom. The summed E-state index contributed by atoms with van der Waals surface area (Å²) in [5.74, 6) is 0.982. The summed E-state index contributed by atoms with van der Waals surface area (Å²) in [5, 5.41) is 0. The largest absolute Gasteiger partial charge is 0.494 e. The first-order valence-corrected chi connectivity index (χ1v) is 9.67. The first-order valence-electron chi connectivity index (χ1n) is 8.23. The van der Waals surface area contributed by atoms with Crippen molar-refractivity contribution in [3.8, 4) is 5.75 Å². The highest BCUT2D eigenvalue weighted by Gasteiger charge is 2.34. The molecule has 0 radical (unpaired) electrons. The van der Waals surface area contributed by atoms with E-state index in [1.807, 2.05) is 17.7 Å². The Hall–Kier alpha value is -1.86. The third kappa shape index (κ3) is 3.32. The molecule has 0 bridgehead atoms. The summed E-state index contributed by atoms with van der Waals surface area (Å²) >= 11 is 0. The summed E-state index contributed by atoms with van der Waals surface area (Å²) in [6, 6.07) is 6.82. The maximum atomic E-state index is 13.0. The molecule has 6 nitrogen and oxygen atoms in total. The van der Waals surface area contributed by atoms with Gasteiger partial charge in [-0.1, -0.05) is 13.0 Å². The summed E-state index contributed by atoms with van der Waals surface area (Å²) in [5.41, 5.74) is 0. The smallest absolute Gasteiger partial charge is 0.243 e. The molecule has 0 N–H and O–H groups in total. The van der Waals surface area contributed by atoms with Crippen LogP contribution in [0.5, 0.6) is 5.75 Å². The second kappa shape index (κ2) is 6.94. The number of nitrogens with zero attached hydrogens (tertiary/aromatic N) is 3. The van der Waals surface area contributed by atoms with Gasteiger partial charge in [0.15, 0.2) is 0 Å². The molecule has 2 atom stereocenters. The number of hydrogen-bond donors (Lipinski definition) is 0. The summed E-state index contributed by atoms with van der Waals surface area (Å²) in [6.45, 7) is 5.53. The summed E-state index contributed by atoms with van der Waals surface area (Å²) in [6.07, 6.45) is 6.21. The second-order valence-electron chi connectivity index (χ2n) is 6.11. The van der Waals surface area contributed by atoms with Crippen molar-refractivity contribution in [1.82, 2.24) is 13.9 Å². The number of piperidine rings is 1. The molecule has 0 amide bonds. The van der Waals surface area contributed by atoms with Gasteiger partial charge in [0.25, 0.3) is 0 Å². The van der Waals surface area contributed by atoms with E-state index in [2.05, 4.69) is 11.9 Å². The molecule has 1 aliphatic heterocycles. The highest BCUT2D eigenvalue weighted by Crippen LogP contribution is 2.31. The molecule has 3 rings (SSSR count). The summed E-state index contributed by atoms with van der Waals surface area (Å²) in [4.78, 5) is 4.37. The molecule has 130 valence electrons. The molecule has 0 spiro atoms. The lowest BCUT2D eigenvalue weighted by Crippen LogP contribution is -2.43. The van der Waals surface area contributed by atoms with Crippen LogP contribution in [0.3, 0.4) is 0 Å². The summed E-state index contributed by atoms with van der Waals surface area (Å²) in [7, 11) is -3.53. The summed E-state index contributed by atoms with van der Waals surface area (Å²) < 4.78 is 35.0. The molecule has 2 aromatic rings. The van der Waals surface area contributed by atoms with Crippen LogP contribution in [-0.4, -0.2) is 42.0 Å². The van der Waals surface area contributed by atoms with E-state index < -0.39 is 10.0 Å². The number of sulfonamides is 1. The van der Waals surface area contributed by atoms with E-state index in [-0.39, 0.29) is 10.9 Å². The molecule has 0 saturated carbocycles. The first kappa shape index (κ1) is 17.0. The van der Waals surface area contributed by atoms with Crippen LogP contribution in [0, 0.1) is 5.92 Å². The van der Waals surface area contributed by atoms with Gasteiger partial charge >= 0.3 is 0 Å². The van der Waals surface area contributed by atoms with E-state index >= 15 is 0 Å². The van der Waals surface area contributed by atoms with Crippen molar-refractivity contribution >= 4 is 10.0 Å². The van der Waals surface area contributed by atoms with Gasteiger partial charge in [0.1, 0.15) is 5.75 Å². The molecule has 1 aromatic carbocycles. The number of hydrogen-bond acceptors (Lipinski definition) is 4. The van der Waals surface area contributed by atoms with E-state index in [0.29, 0.717) is 31.4 Å². The van der Waals surface area contributed by atoms with Gasteiger partial charge in [-0.25, -0.2) is 13.4 Å². The predicted molar refractivity (Wildman–Crippen MR) is 91.4 cm³/mol. The van der Waals surface area contributed by atoms with Crippen molar-refractivity contribution < 1.29 is 13.2 Å². The zero-order chi connectivity index (χ0) is 17.2. The minimum absolute atomic E-state index is 0.103. The number of benzene rings is 1. The predicted octanol–water partition coefficient (Wildman–Crippen LogP) is 2.55. The lowest BCUT2D eigenvalue weighted by atomic mass is 9.95. The van der Waals surface area contributed by atoms with Crippen molar-refractivity contribution in [2.45, 2.75) is 31.2 Å². The normalized spacial score (nSPS) is 22.4. The Balaban J connectivity index is 1.85. The van der Waals surface area contributed by atoms with Crippen molar-refractivity contribution in [2.75, 3.05) is 19.7 Å². The lowest BCUT2D eigenvalue weighted by molar-refractivity contribution is 0.200. The molecule has 24 heavy (non-hydrogen) atoms. The Labute approximate surface area is 143 Å². The van der Waals surface area contributed by atoms with Crippen LogP contribution in [-0.2, 0) is 10.0 Å². The van der Waals surface area contributed by atoms with Crippen molar-refractivity contribution in [1.29, 1.82) is 0 Å². The van der Waals surface area contributed by atoms with Crippen LogP contribution >= 0.6 is 0 Å². The maximum absolute atomic E-state index is 13.0. The fraction of sp³-hybridized carbons (Fsp3) is 0.471. The van der Waals surface area contributed by atoms with E-state index in [4.69, 9.17) is 4.74 Å². The van der Waals surface area contributed by atoms with Crippen LogP contribution < -0.4 is 4.74 Å². The molecule has 1 aliphatic rings. The van der Waals surface area contributed by atoms with Crippen LogP contribution in [0.1, 0.15) is 26.3 Å². The Morgan fingerprint density at radius 2 is 2.21 bits per heavy atom. The van der Waals surface area contributed by atoms with Crippen molar-refractivity contribution in [3.63, 3.8) is 0 Å². The quantitative estimate of drug-likeness (QED) is 0.832. The van der Waals surface area contributed by atoms with Gasteiger partial charge in [0.2, 0.25) is 10.0 Å². The third-order valence-corrected chi connectivity index (χ3v) is 6.40. The monoisotopic (exact) mass is 349 g/mol. The number of aromatic nitrogens is 2. The van der Waals surface area contributed by atoms with Crippen molar-refractivity contribution in [3.05, 3.63) is 43.0 Å². The van der Waals surface area contributed by atoms with Gasteiger partial charge in [0.05, 0.1) is 23.9 Å². The topological polar surface area (TPSA) is 64.4 Å². The molecule has 1 saturated heterocycles. The third-order valence-electron chi connectivity index (χ3n) is 4.54. The van der Waals surface area contributed by atoms with Gasteiger partial charge in [-0.3, -0.25) is 0 Å². The minimum atomic E-state index is -3.53. The second-order valence-corrected chi connectivity index (χ2v) is 8.05. The van der Waals surface area contributed by atoms with E-state index in [9.17, 15) is 8.42 Å². The van der Waals surface area contributed by atoms with E-state index in [0.717, 1.165) is 6.42 Å². The Morgan fingerprint density at radius 1 is 1.38 bits per heavy atom. The lowest BCUT2D eigenvalue weighted by Gasteiger charge is -2.36. The van der Waals surface area contributed by atoms with E-state index in [1.54, 1.807) is 41.1 Å². The number of imidazole rings is 1. The first-order chi connectivity index (χ1) is 11.5. The molecular weight excluding hydrogens is 326 g/mol. The molecule has 7 heteroatoms. The molecule has 1 aromatic heterocycles. The average molecular weight is 349 g/mol. The van der Waals surface area contributed by atoms with Crippen LogP contribution in [0.25, 0.3) is 0 Å². The van der Waals surface area contributed by atoms with Crippen LogP contribution in [0.4, 0.5) is 0 Å². The highest BCUT2D eigenvalue weighted by atomic mass is 32.2.